The number of carbonyl (C=O) groups excluding carboxylic acids is 1. The molecule has 0 aromatic rings. The molecule has 0 bridgehead atoms. The van der Waals surface area contributed by atoms with Gasteiger partial charge in [0.25, 0.3) is 0 Å². The van der Waals surface area contributed by atoms with E-state index in [-0.39, 0.29) is 6.08 Å². The van der Waals surface area contributed by atoms with Crippen LogP contribution in [0, 0.1) is 0 Å². The van der Waals surface area contributed by atoms with Crippen molar-refractivity contribution in [3.05, 3.63) is 12.7 Å². The topological polar surface area (TPSA) is 46.5 Å². The summed E-state index contributed by atoms with van der Waals surface area (Å²) in [4.78, 5) is 10.7. The fourth-order valence-corrected chi connectivity index (χ4v) is 1.57. The summed E-state index contributed by atoms with van der Waals surface area (Å²) >= 11 is 0. The van der Waals surface area contributed by atoms with Gasteiger partial charge in [-0.05, 0) is 0 Å². The first-order valence-corrected chi connectivity index (χ1v) is 6.53. The number of hydrogen-bond donors (Lipinski definition) is 1. The van der Waals surface area contributed by atoms with Crippen LogP contribution < -0.4 is 0 Å². The van der Waals surface area contributed by atoms with E-state index in [0.717, 1.165) is 0 Å². The second-order valence-corrected chi connectivity index (χ2v) is 5.15. The van der Waals surface area contributed by atoms with E-state index in [1.54, 1.807) is 0 Å². The molecule has 166 valence electrons. The molecule has 0 aromatic heterocycles. The highest BCUT2D eigenvalue weighted by Gasteiger charge is 2.90. The zero-order valence-corrected chi connectivity index (χ0v) is 13.0. The van der Waals surface area contributed by atoms with Crippen LogP contribution in [0.5, 0.6) is 0 Å². The first-order valence-electron chi connectivity index (χ1n) is 6.53. The molecule has 0 saturated carbocycles. The normalized spacial score (nSPS) is 15.9. The van der Waals surface area contributed by atoms with E-state index in [2.05, 4.69) is 11.3 Å². The van der Waals surface area contributed by atoms with E-state index >= 15 is 0 Å². The minimum Gasteiger partial charge on any atom is -0.457 e. The summed E-state index contributed by atoms with van der Waals surface area (Å²) in [5, 5.41) is 8.60. The van der Waals surface area contributed by atoms with Gasteiger partial charge in [-0.1, -0.05) is 6.58 Å². The van der Waals surface area contributed by atoms with Gasteiger partial charge >= 0.3 is 41.8 Å². The summed E-state index contributed by atoms with van der Waals surface area (Å²) in [5.74, 6) is -39.4. The van der Waals surface area contributed by atoms with Gasteiger partial charge in [0.05, 0.1) is 13.0 Å². The number of hydrogen-bond acceptors (Lipinski definition) is 3. The van der Waals surface area contributed by atoms with Crippen LogP contribution in [0.1, 0.15) is 6.42 Å². The van der Waals surface area contributed by atoms with Crippen LogP contribution >= 0.6 is 0 Å². The van der Waals surface area contributed by atoms with E-state index in [1.165, 1.54) is 0 Å². The van der Waals surface area contributed by atoms with Gasteiger partial charge in [-0.25, -0.2) is 4.79 Å². The van der Waals surface area contributed by atoms with Crippen LogP contribution in [-0.2, 0) is 9.53 Å². The van der Waals surface area contributed by atoms with Crippen molar-refractivity contribution < 1.29 is 71.7 Å². The third kappa shape index (κ3) is 4.15. The quantitative estimate of drug-likeness (QED) is 0.327. The fraction of sp³-hybridized carbons (Fsp3) is 0.750. The van der Waals surface area contributed by atoms with Crippen molar-refractivity contribution >= 4 is 5.97 Å². The Hall–Kier alpha value is -1.74. The lowest BCUT2D eigenvalue weighted by molar-refractivity contribution is -0.440. The highest BCUT2D eigenvalue weighted by molar-refractivity contribution is 5.81. The number of aliphatic hydroxyl groups is 1. The molecule has 1 unspecified atom stereocenters. The highest BCUT2D eigenvalue weighted by atomic mass is 19.4. The number of esters is 1. The van der Waals surface area contributed by atoms with Crippen molar-refractivity contribution in [3.8, 4) is 0 Å². The Labute approximate surface area is 146 Å². The second-order valence-electron chi connectivity index (χ2n) is 5.15. The van der Waals surface area contributed by atoms with Crippen LogP contribution in [0.25, 0.3) is 0 Å². The Morgan fingerprint density at radius 1 is 0.821 bits per heavy atom. The minimum absolute atomic E-state index is 0.228. The van der Waals surface area contributed by atoms with E-state index < -0.39 is 60.9 Å². The predicted molar refractivity (Wildman–Crippen MR) is 62.6 cm³/mol. The zero-order valence-electron chi connectivity index (χ0n) is 13.0. The molecule has 3 nitrogen and oxygen atoms in total. The molecule has 0 spiro atoms. The average Bonchev–Trinajstić information content (AvgIpc) is 2.51. The summed E-state index contributed by atoms with van der Waals surface area (Å²) in [7, 11) is 0. The molecular formula is C12H9F13O3. The molecule has 1 atom stereocenters. The smallest absolute Gasteiger partial charge is 0.457 e. The Bertz CT molecular complexity index is 582. The Morgan fingerprint density at radius 3 is 1.54 bits per heavy atom. The average molecular weight is 448 g/mol. The van der Waals surface area contributed by atoms with Gasteiger partial charge in [-0.3, -0.25) is 0 Å². The van der Waals surface area contributed by atoms with Crippen LogP contribution in [0.4, 0.5) is 57.1 Å². The summed E-state index contributed by atoms with van der Waals surface area (Å²) in [6, 6.07) is 0. The maximum absolute atomic E-state index is 13.5. The van der Waals surface area contributed by atoms with Crippen LogP contribution in [-0.4, -0.2) is 59.6 Å². The summed E-state index contributed by atoms with van der Waals surface area (Å²) < 4.78 is 171. The Kier molecular flexibility index (Phi) is 7.12. The molecule has 0 aliphatic carbocycles. The van der Waals surface area contributed by atoms with Crippen molar-refractivity contribution in [2.24, 2.45) is 0 Å². The van der Waals surface area contributed by atoms with E-state index in [9.17, 15) is 61.9 Å². The molecule has 16 heteroatoms. The van der Waals surface area contributed by atoms with Gasteiger partial charge in [-0.15, -0.1) is 0 Å². The molecule has 0 aliphatic heterocycles. The van der Waals surface area contributed by atoms with Crippen LogP contribution in [0.3, 0.4) is 0 Å². The van der Waals surface area contributed by atoms with Crippen molar-refractivity contribution in [2.45, 2.75) is 48.3 Å². The zero-order chi connectivity index (χ0) is 23.0. The van der Waals surface area contributed by atoms with Crippen molar-refractivity contribution in [2.75, 3.05) is 6.61 Å². The summed E-state index contributed by atoms with van der Waals surface area (Å²) in [5.41, 5.74) is 0. The van der Waals surface area contributed by atoms with Crippen LogP contribution in [0.2, 0.25) is 0 Å². The largest absolute Gasteiger partial charge is 0.460 e. The van der Waals surface area contributed by atoms with Crippen molar-refractivity contribution in [1.82, 2.24) is 0 Å². The minimum atomic E-state index is -8.02. The van der Waals surface area contributed by atoms with Gasteiger partial charge in [0.1, 0.15) is 6.10 Å². The van der Waals surface area contributed by atoms with Gasteiger partial charge in [-0.2, -0.15) is 57.1 Å². The molecule has 0 fully saturated rings. The molecular weight excluding hydrogens is 439 g/mol. The highest BCUT2D eigenvalue weighted by Crippen LogP contribution is 2.60. The van der Waals surface area contributed by atoms with Crippen molar-refractivity contribution in [1.29, 1.82) is 0 Å². The van der Waals surface area contributed by atoms with Crippen LogP contribution in [0.15, 0.2) is 12.7 Å². The third-order valence-corrected chi connectivity index (χ3v) is 3.14. The standard InChI is InChI=1S/C12H9F13O3/c1-2-6(27)28-5(4-26)3-7(13,14)8(15,16)9(17,18)10(19,20)11(21,22)12(23,24)25/h2,5,26H,1,3-4H2. The Balaban J connectivity index is 6.10. The van der Waals surface area contributed by atoms with Gasteiger partial charge < -0.3 is 9.84 Å². The monoisotopic (exact) mass is 448 g/mol. The number of halogens is 13. The van der Waals surface area contributed by atoms with E-state index in [4.69, 9.17) is 5.11 Å². The lowest BCUT2D eigenvalue weighted by Gasteiger charge is -2.40. The molecule has 0 aliphatic rings. The fourth-order valence-electron chi connectivity index (χ4n) is 1.57. The molecule has 1 N–H and O–H groups in total. The number of aliphatic hydroxyl groups excluding tert-OH is 1. The third-order valence-electron chi connectivity index (χ3n) is 3.14. The number of carbonyl (C=O) groups is 1. The van der Waals surface area contributed by atoms with Crippen molar-refractivity contribution in [3.63, 3.8) is 0 Å². The van der Waals surface area contributed by atoms with E-state index in [0.29, 0.717) is 0 Å². The first kappa shape index (κ1) is 26.3. The molecule has 0 rings (SSSR count). The number of alkyl halides is 13. The lowest BCUT2D eigenvalue weighted by Crippen LogP contribution is -2.70. The van der Waals surface area contributed by atoms with Gasteiger partial charge in [0.2, 0.25) is 0 Å². The maximum Gasteiger partial charge on any atom is 0.460 e. The summed E-state index contributed by atoms with van der Waals surface area (Å²) in [6.07, 6.45) is -12.9. The number of rotatable bonds is 9. The molecule has 0 amide bonds. The Morgan fingerprint density at radius 2 is 1.21 bits per heavy atom. The molecule has 28 heavy (non-hydrogen) atoms. The molecule has 0 aromatic carbocycles. The maximum atomic E-state index is 13.5. The molecule has 0 radical (unpaired) electrons. The summed E-state index contributed by atoms with van der Waals surface area (Å²) in [6.45, 7) is 0.956. The number of ether oxygens (including phenoxy) is 1. The van der Waals surface area contributed by atoms with Gasteiger partial charge in [0.15, 0.2) is 0 Å². The molecule has 0 heterocycles. The van der Waals surface area contributed by atoms with Gasteiger partial charge in [0, 0.05) is 6.08 Å². The second kappa shape index (κ2) is 7.59. The lowest BCUT2D eigenvalue weighted by atomic mass is 9.91. The first-order chi connectivity index (χ1) is 12.1. The van der Waals surface area contributed by atoms with E-state index in [1.807, 2.05) is 0 Å². The predicted octanol–water partition coefficient (Wildman–Crippen LogP) is 4.21. The molecule has 0 saturated heterocycles. The SMILES string of the molecule is C=CC(=O)OC(CO)CC(F)(F)C(F)(F)C(F)(F)C(F)(F)C(F)(F)C(F)(F)F.